The molecular formula is C11H17BrN2. The van der Waals surface area contributed by atoms with E-state index in [1.54, 1.807) is 0 Å². The minimum Gasteiger partial charge on any atom is -0.357 e. The second kappa shape index (κ2) is 6.02. The first-order chi connectivity index (χ1) is 6.77. The van der Waals surface area contributed by atoms with Crippen molar-refractivity contribution in [3.05, 3.63) is 22.8 Å². The van der Waals surface area contributed by atoms with E-state index in [1.807, 2.05) is 12.1 Å². The van der Waals surface area contributed by atoms with Crippen molar-refractivity contribution in [3.8, 4) is 0 Å². The van der Waals surface area contributed by atoms with Gasteiger partial charge in [-0.05, 0) is 41.4 Å². The molecule has 0 aliphatic heterocycles. The number of rotatable bonds is 5. The molecule has 0 spiro atoms. The number of halogens is 1. The van der Waals surface area contributed by atoms with Crippen molar-refractivity contribution in [3.63, 3.8) is 0 Å². The van der Waals surface area contributed by atoms with Gasteiger partial charge in [0.05, 0.1) is 0 Å². The molecule has 78 valence electrons. The maximum atomic E-state index is 4.44. The fourth-order valence-corrected chi connectivity index (χ4v) is 1.69. The minimum atomic E-state index is 0.907. The molecule has 3 heteroatoms. The summed E-state index contributed by atoms with van der Waals surface area (Å²) in [6.07, 6.45) is 2.45. The van der Waals surface area contributed by atoms with Gasteiger partial charge >= 0.3 is 0 Å². The van der Waals surface area contributed by atoms with E-state index in [0.29, 0.717) is 0 Å². The van der Waals surface area contributed by atoms with Crippen molar-refractivity contribution < 1.29 is 0 Å². The molecule has 0 atom stereocenters. The lowest BCUT2D eigenvalue weighted by Crippen LogP contribution is -2.24. The van der Waals surface area contributed by atoms with Gasteiger partial charge < -0.3 is 4.90 Å². The van der Waals surface area contributed by atoms with Gasteiger partial charge in [0.25, 0.3) is 0 Å². The third-order valence-electron chi connectivity index (χ3n) is 2.19. The van der Waals surface area contributed by atoms with Crippen LogP contribution in [0.25, 0.3) is 0 Å². The first-order valence-electron chi connectivity index (χ1n) is 5.15. The average molecular weight is 257 g/mol. The normalized spacial score (nSPS) is 10.2. The predicted octanol–water partition coefficient (Wildman–Crippen LogP) is 3.47. The third-order valence-corrected chi connectivity index (χ3v) is 2.63. The Labute approximate surface area is 94.5 Å². The van der Waals surface area contributed by atoms with Crippen molar-refractivity contribution in [2.45, 2.75) is 26.7 Å². The number of aromatic nitrogens is 1. The van der Waals surface area contributed by atoms with E-state index >= 15 is 0 Å². The summed E-state index contributed by atoms with van der Waals surface area (Å²) >= 11 is 3.39. The molecular weight excluding hydrogens is 240 g/mol. The molecule has 0 radical (unpaired) electrons. The molecule has 0 aliphatic rings. The van der Waals surface area contributed by atoms with Gasteiger partial charge in [-0.2, -0.15) is 0 Å². The summed E-state index contributed by atoms with van der Waals surface area (Å²) in [7, 11) is 0. The summed E-state index contributed by atoms with van der Waals surface area (Å²) < 4.78 is 0.907. The monoisotopic (exact) mass is 256 g/mol. The highest BCUT2D eigenvalue weighted by Crippen LogP contribution is 2.15. The van der Waals surface area contributed by atoms with Gasteiger partial charge in [0, 0.05) is 13.1 Å². The molecule has 0 fully saturated rings. The number of nitrogens with zero attached hydrogens (tertiary/aromatic N) is 2. The number of pyridine rings is 1. The fraction of sp³-hybridized carbons (Fsp3) is 0.545. The van der Waals surface area contributed by atoms with Crippen molar-refractivity contribution in [2.24, 2.45) is 0 Å². The Morgan fingerprint density at radius 1 is 1.36 bits per heavy atom. The molecule has 1 aromatic heterocycles. The molecule has 0 saturated heterocycles. The van der Waals surface area contributed by atoms with E-state index in [4.69, 9.17) is 0 Å². The fourth-order valence-electron chi connectivity index (χ4n) is 1.36. The Bertz CT molecular complexity index is 276. The number of anilines is 1. The lowest BCUT2D eigenvalue weighted by atomic mass is 10.3. The average Bonchev–Trinajstić information content (AvgIpc) is 2.19. The maximum absolute atomic E-state index is 4.44. The van der Waals surface area contributed by atoms with Crippen LogP contribution in [0, 0.1) is 0 Å². The highest BCUT2D eigenvalue weighted by Gasteiger charge is 2.04. The third kappa shape index (κ3) is 3.29. The van der Waals surface area contributed by atoms with Crippen LogP contribution in [-0.2, 0) is 0 Å². The highest BCUT2D eigenvalue weighted by molar-refractivity contribution is 9.10. The summed E-state index contributed by atoms with van der Waals surface area (Å²) in [6.45, 7) is 6.49. The summed E-state index contributed by atoms with van der Waals surface area (Å²) in [5.41, 5.74) is 0. The molecule has 14 heavy (non-hydrogen) atoms. The second-order valence-corrected chi connectivity index (χ2v) is 4.06. The van der Waals surface area contributed by atoms with Crippen molar-refractivity contribution in [2.75, 3.05) is 18.0 Å². The smallest absolute Gasteiger partial charge is 0.129 e. The SMILES string of the molecule is CCCCN(CC)c1cccc(Br)n1. The first kappa shape index (κ1) is 11.5. The van der Waals surface area contributed by atoms with Crippen LogP contribution >= 0.6 is 15.9 Å². The number of unbranched alkanes of at least 4 members (excludes halogenated alkanes) is 1. The molecule has 1 rings (SSSR count). The van der Waals surface area contributed by atoms with Crippen molar-refractivity contribution in [1.82, 2.24) is 4.98 Å². The molecule has 2 nitrogen and oxygen atoms in total. The maximum Gasteiger partial charge on any atom is 0.129 e. The van der Waals surface area contributed by atoms with Crippen LogP contribution in [0.2, 0.25) is 0 Å². The predicted molar refractivity (Wildman–Crippen MR) is 64.7 cm³/mol. The Hall–Kier alpha value is -0.570. The highest BCUT2D eigenvalue weighted by atomic mass is 79.9. The zero-order chi connectivity index (χ0) is 10.4. The molecule has 1 heterocycles. The van der Waals surface area contributed by atoms with E-state index < -0.39 is 0 Å². The van der Waals surface area contributed by atoms with Crippen molar-refractivity contribution >= 4 is 21.7 Å². The topological polar surface area (TPSA) is 16.1 Å². The van der Waals surface area contributed by atoms with Gasteiger partial charge in [0.15, 0.2) is 0 Å². The van der Waals surface area contributed by atoms with Crippen LogP contribution in [0.4, 0.5) is 5.82 Å². The summed E-state index contributed by atoms with van der Waals surface area (Å²) in [4.78, 5) is 6.74. The van der Waals surface area contributed by atoms with E-state index in [9.17, 15) is 0 Å². The Morgan fingerprint density at radius 3 is 2.71 bits per heavy atom. The molecule has 0 N–H and O–H groups in total. The van der Waals surface area contributed by atoms with Gasteiger partial charge in [-0.3, -0.25) is 0 Å². The van der Waals surface area contributed by atoms with Crippen LogP contribution in [0.1, 0.15) is 26.7 Å². The van der Waals surface area contributed by atoms with Crippen LogP contribution in [0.15, 0.2) is 22.8 Å². The summed E-state index contributed by atoms with van der Waals surface area (Å²) in [5, 5.41) is 0. The Kier molecular flexibility index (Phi) is 4.94. The quantitative estimate of drug-likeness (QED) is 0.751. The molecule has 0 amide bonds. The molecule has 0 aromatic carbocycles. The van der Waals surface area contributed by atoms with E-state index in [-0.39, 0.29) is 0 Å². The Morgan fingerprint density at radius 2 is 2.14 bits per heavy atom. The lowest BCUT2D eigenvalue weighted by Gasteiger charge is -2.21. The largest absolute Gasteiger partial charge is 0.357 e. The van der Waals surface area contributed by atoms with Crippen LogP contribution in [0.3, 0.4) is 0 Å². The van der Waals surface area contributed by atoms with Gasteiger partial charge in [0.1, 0.15) is 10.4 Å². The summed E-state index contributed by atoms with van der Waals surface area (Å²) in [6, 6.07) is 6.04. The molecule has 0 unspecified atom stereocenters. The number of hydrogen-bond donors (Lipinski definition) is 0. The van der Waals surface area contributed by atoms with E-state index in [0.717, 1.165) is 23.5 Å². The lowest BCUT2D eigenvalue weighted by molar-refractivity contribution is 0.723. The van der Waals surface area contributed by atoms with Crippen molar-refractivity contribution in [1.29, 1.82) is 0 Å². The van der Waals surface area contributed by atoms with Crippen LogP contribution < -0.4 is 4.90 Å². The minimum absolute atomic E-state index is 0.907. The number of hydrogen-bond acceptors (Lipinski definition) is 2. The molecule has 0 bridgehead atoms. The molecule has 0 saturated carbocycles. The standard InChI is InChI=1S/C11H17BrN2/c1-3-5-9-14(4-2)11-8-6-7-10(12)13-11/h6-8H,3-5,9H2,1-2H3. The van der Waals surface area contributed by atoms with Gasteiger partial charge in [-0.1, -0.05) is 19.4 Å². The molecule has 1 aromatic rings. The second-order valence-electron chi connectivity index (χ2n) is 3.25. The molecule has 0 aliphatic carbocycles. The Balaban J connectivity index is 2.68. The first-order valence-corrected chi connectivity index (χ1v) is 5.94. The zero-order valence-corrected chi connectivity index (χ0v) is 10.4. The van der Waals surface area contributed by atoms with Crippen LogP contribution in [-0.4, -0.2) is 18.1 Å². The van der Waals surface area contributed by atoms with Gasteiger partial charge in [-0.15, -0.1) is 0 Å². The van der Waals surface area contributed by atoms with Gasteiger partial charge in [0.2, 0.25) is 0 Å². The van der Waals surface area contributed by atoms with Gasteiger partial charge in [-0.25, -0.2) is 4.98 Å². The van der Waals surface area contributed by atoms with E-state index in [2.05, 4.69) is 45.7 Å². The van der Waals surface area contributed by atoms with E-state index in [1.165, 1.54) is 12.8 Å². The van der Waals surface area contributed by atoms with Crippen LogP contribution in [0.5, 0.6) is 0 Å². The zero-order valence-electron chi connectivity index (χ0n) is 8.83. The summed E-state index contributed by atoms with van der Waals surface area (Å²) in [5.74, 6) is 1.07.